The fourth-order valence-corrected chi connectivity index (χ4v) is 1.07. The van der Waals surface area contributed by atoms with Crippen LogP contribution in [0.4, 0.5) is 0 Å². The summed E-state index contributed by atoms with van der Waals surface area (Å²) in [6, 6.07) is 0. The average molecular weight is 182 g/mol. The maximum Gasteiger partial charge on any atom is 0.337 e. The first-order valence-electron chi connectivity index (χ1n) is 3.32. The van der Waals surface area contributed by atoms with Crippen LogP contribution in [0.5, 0.6) is 0 Å². The minimum Gasteiger partial charge on any atom is -0.479 e. The highest BCUT2D eigenvalue weighted by Crippen LogP contribution is 2.15. The average Bonchev–Trinajstić information content (AvgIpc) is 1.89. The minimum atomic E-state index is -1.52. The van der Waals surface area contributed by atoms with Crippen LogP contribution in [0.2, 0.25) is 0 Å². The van der Waals surface area contributed by atoms with Gasteiger partial charge < -0.3 is 15.5 Å². The Morgan fingerprint density at radius 1 is 1.55 bits per heavy atom. The highest BCUT2D eigenvalue weighted by Gasteiger charge is 2.36. The van der Waals surface area contributed by atoms with Gasteiger partial charge in [-0.25, -0.2) is 4.79 Å². The van der Waals surface area contributed by atoms with E-state index in [4.69, 9.17) is 5.11 Å². The molecule has 1 aliphatic rings. The summed E-state index contributed by atoms with van der Waals surface area (Å²) in [6.07, 6.45) is 1.08. The maximum atomic E-state index is 10.4. The smallest absolute Gasteiger partial charge is 0.337 e. The van der Waals surface area contributed by atoms with Crippen molar-refractivity contribution < 1.29 is 15.0 Å². The summed E-state index contributed by atoms with van der Waals surface area (Å²) in [7, 11) is 0. The molecule has 1 saturated heterocycles. The second-order valence-corrected chi connectivity index (χ2v) is 2.62. The van der Waals surface area contributed by atoms with Crippen LogP contribution in [-0.4, -0.2) is 34.9 Å². The van der Waals surface area contributed by atoms with Crippen LogP contribution in [0, 0.1) is 0 Å². The van der Waals surface area contributed by atoms with Gasteiger partial charge in [-0.1, -0.05) is 0 Å². The highest BCUT2D eigenvalue weighted by molar-refractivity contribution is 5.85. The first-order chi connectivity index (χ1) is 4.65. The van der Waals surface area contributed by atoms with Crippen LogP contribution in [0.25, 0.3) is 0 Å². The molecule has 0 aromatic rings. The number of piperidine rings is 1. The number of nitrogens with one attached hydrogen (secondary N) is 1. The second-order valence-electron chi connectivity index (χ2n) is 2.62. The Balaban J connectivity index is 0.000001000. The van der Waals surface area contributed by atoms with E-state index in [1.165, 1.54) is 0 Å². The molecule has 1 fully saturated rings. The number of carboxylic acids is 1. The molecule has 1 atom stereocenters. The predicted octanol–water partition coefficient (Wildman–Crippen LogP) is -0.393. The number of β-amino-alcohol motifs (C(OH)–C–C–N with tert-alkyl or cyclic N) is 1. The van der Waals surface area contributed by atoms with Crippen molar-refractivity contribution in [1.82, 2.24) is 5.32 Å². The molecule has 0 bridgehead atoms. The van der Waals surface area contributed by atoms with E-state index in [0.717, 1.165) is 13.0 Å². The molecule has 1 heterocycles. The van der Waals surface area contributed by atoms with Gasteiger partial charge in [0.25, 0.3) is 0 Å². The fraction of sp³-hybridized carbons (Fsp3) is 0.833. The van der Waals surface area contributed by atoms with Gasteiger partial charge >= 0.3 is 5.97 Å². The molecular formula is C6H12ClNO3. The number of aliphatic carboxylic acids is 1. The summed E-state index contributed by atoms with van der Waals surface area (Å²) in [6.45, 7) is 0.970. The first-order valence-corrected chi connectivity index (χ1v) is 3.32. The van der Waals surface area contributed by atoms with E-state index in [-0.39, 0.29) is 19.0 Å². The topological polar surface area (TPSA) is 69.6 Å². The van der Waals surface area contributed by atoms with E-state index < -0.39 is 11.6 Å². The van der Waals surface area contributed by atoms with Gasteiger partial charge in [0.05, 0.1) is 0 Å². The number of hydrogen-bond donors (Lipinski definition) is 3. The van der Waals surface area contributed by atoms with Crippen LogP contribution in [0.15, 0.2) is 0 Å². The van der Waals surface area contributed by atoms with E-state index >= 15 is 0 Å². The molecule has 4 nitrogen and oxygen atoms in total. The Hall–Kier alpha value is -0.320. The van der Waals surface area contributed by atoms with Gasteiger partial charge in [0.15, 0.2) is 5.60 Å². The molecular weight excluding hydrogens is 170 g/mol. The van der Waals surface area contributed by atoms with Crippen LogP contribution in [0.1, 0.15) is 12.8 Å². The quantitative estimate of drug-likeness (QED) is 0.515. The standard InChI is InChI=1S/C6H11NO3.ClH/c8-5(9)6(10)2-1-3-7-4-6;/h7,10H,1-4H2,(H,8,9);1H. The summed E-state index contributed by atoms with van der Waals surface area (Å²) < 4.78 is 0. The van der Waals surface area contributed by atoms with Gasteiger partial charge in [0.2, 0.25) is 0 Å². The molecule has 0 saturated carbocycles. The van der Waals surface area contributed by atoms with Crippen molar-refractivity contribution in [3.8, 4) is 0 Å². The number of aliphatic hydroxyl groups is 1. The lowest BCUT2D eigenvalue weighted by Gasteiger charge is -2.27. The van der Waals surface area contributed by atoms with Gasteiger partial charge in [0.1, 0.15) is 0 Å². The van der Waals surface area contributed by atoms with Crippen molar-refractivity contribution in [3.05, 3.63) is 0 Å². The van der Waals surface area contributed by atoms with E-state index in [1.54, 1.807) is 0 Å². The first kappa shape index (κ1) is 10.7. The summed E-state index contributed by atoms with van der Waals surface area (Å²) in [5.41, 5.74) is -1.52. The second kappa shape index (κ2) is 3.90. The molecule has 1 rings (SSSR count). The number of hydrogen-bond acceptors (Lipinski definition) is 3. The molecule has 5 heteroatoms. The maximum absolute atomic E-state index is 10.4. The summed E-state index contributed by atoms with van der Waals surface area (Å²) in [5.74, 6) is -1.13. The van der Waals surface area contributed by atoms with E-state index in [9.17, 15) is 9.90 Å². The number of rotatable bonds is 1. The van der Waals surface area contributed by atoms with Gasteiger partial charge in [-0.3, -0.25) is 0 Å². The molecule has 0 radical (unpaired) electrons. The number of carbonyl (C=O) groups is 1. The zero-order valence-electron chi connectivity index (χ0n) is 6.04. The van der Waals surface area contributed by atoms with Crippen LogP contribution in [-0.2, 0) is 4.79 Å². The van der Waals surface area contributed by atoms with E-state index in [0.29, 0.717) is 6.42 Å². The summed E-state index contributed by atoms with van der Waals surface area (Å²) in [4.78, 5) is 10.4. The van der Waals surface area contributed by atoms with E-state index in [2.05, 4.69) is 5.32 Å². The van der Waals surface area contributed by atoms with Crippen molar-refractivity contribution in [2.75, 3.05) is 13.1 Å². The molecule has 0 aliphatic carbocycles. The highest BCUT2D eigenvalue weighted by atomic mass is 35.5. The Kier molecular flexibility index (Phi) is 3.78. The molecule has 3 N–H and O–H groups in total. The Morgan fingerprint density at radius 2 is 2.18 bits per heavy atom. The molecule has 11 heavy (non-hydrogen) atoms. The van der Waals surface area contributed by atoms with Gasteiger partial charge in [-0.15, -0.1) is 12.4 Å². The molecule has 1 aliphatic heterocycles. The van der Waals surface area contributed by atoms with Crippen molar-refractivity contribution in [2.45, 2.75) is 18.4 Å². The third-order valence-electron chi connectivity index (χ3n) is 1.76. The predicted molar refractivity (Wildman–Crippen MR) is 41.9 cm³/mol. The molecule has 66 valence electrons. The lowest BCUT2D eigenvalue weighted by Crippen LogP contribution is -2.51. The molecule has 0 spiro atoms. The summed E-state index contributed by atoms with van der Waals surface area (Å²) in [5, 5.41) is 20.6. The summed E-state index contributed by atoms with van der Waals surface area (Å²) >= 11 is 0. The normalized spacial score (nSPS) is 30.6. The van der Waals surface area contributed by atoms with Crippen LogP contribution >= 0.6 is 12.4 Å². The van der Waals surface area contributed by atoms with Gasteiger partial charge in [-0.05, 0) is 19.4 Å². The SMILES string of the molecule is Cl.O=C(O)C1(O)CCCNC1. The zero-order chi connectivity index (χ0) is 7.61. The van der Waals surface area contributed by atoms with Crippen molar-refractivity contribution in [3.63, 3.8) is 0 Å². The van der Waals surface area contributed by atoms with Crippen molar-refractivity contribution in [1.29, 1.82) is 0 Å². The Bertz CT molecular complexity index is 145. The number of halogens is 1. The zero-order valence-corrected chi connectivity index (χ0v) is 6.86. The van der Waals surface area contributed by atoms with E-state index in [1.807, 2.05) is 0 Å². The van der Waals surface area contributed by atoms with Crippen LogP contribution < -0.4 is 5.32 Å². The van der Waals surface area contributed by atoms with Gasteiger partial charge in [-0.2, -0.15) is 0 Å². The van der Waals surface area contributed by atoms with Crippen molar-refractivity contribution in [2.24, 2.45) is 0 Å². The fourth-order valence-electron chi connectivity index (χ4n) is 1.07. The lowest BCUT2D eigenvalue weighted by molar-refractivity contribution is -0.160. The van der Waals surface area contributed by atoms with Crippen molar-refractivity contribution >= 4 is 18.4 Å². The van der Waals surface area contributed by atoms with Crippen LogP contribution in [0.3, 0.4) is 0 Å². The Labute approximate surface area is 71.0 Å². The number of carboxylic acid groups (broad SMARTS) is 1. The molecule has 0 aromatic carbocycles. The molecule has 1 unspecified atom stereocenters. The lowest BCUT2D eigenvalue weighted by atomic mass is 9.95. The molecule has 0 aromatic heterocycles. The monoisotopic (exact) mass is 181 g/mol. The van der Waals surface area contributed by atoms with Gasteiger partial charge in [0, 0.05) is 6.54 Å². The molecule has 0 amide bonds. The third-order valence-corrected chi connectivity index (χ3v) is 1.76. The third kappa shape index (κ3) is 2.32. The Morgan fingerprint density at radius 3 is 2.45 bits per heavy atom. The minimum absolute atomic E-state index is 0. The largest absolute Gasteiger partial charge is 0.479 e.